The van der Waals surface area contributed by atoms with E-state index >= 15 is 0 Å². The van der Waals surface area contributed by atoms with Crippen LogP contribution in [0.2, 0.25) is 0 Å². The predicted octanol–water partition coefficient (Wildman–Crippen LogP) is 4.21. The lowest BCUT2D eigenvalue weighted by Crippen LogP contribution is -2.12. The maximum absolute atomic E-state index is 12.8. The van der Waals surface area contributed by atoms with Gasteiger partial charge in [-0.3, -0.25) is 4.79 Å². The van der Waals surface area contributed by atoms with E-state index < -0.39 is 0 Å². The Bertz CT molecular complexity index is 1150. The molecule has 0 aliphatic carbocycles. The molecule has 0 saturated heterocycles. The monoisotopic (exact) mass is 361 g/mol. The lowest BCUT2D eigenvalue weighted by molar-refractivity contribution is 0.102. The van der Waals surface area contributed by atoms with Crippen molar-refractivity contribution in [1.29, 1.82) is 0 Å². The zero-order chi connectivity index (χ0) is 19.1. The van der Waals surface area contributed by atoms with E-state index in [1.165, 1.54) is 5.52 Å². The van der Waals surface area contributed by atoms with Crippen LogP contribution in [0, 0.1) is 19.8 Å². The van der Waals surface area contributed by atoms with Crippen LogP contribution in [0.25, 0.3) is 16.6 Å². The van der Waals surface area contributed by atoms with Crippen LogP contribution >= 0.6 is 0 Å². The third kappa shape index (κ3) is 3.18. The number of hydrogen-bond acceptors (Lipinski definition) is 3. The van der Waals surface area contributed by atoms with E-state index in [-0.39, 0.29) is 5.91 Å². The van der Waals surface area contributed by atoms with Gasteiger partial charge in [0.15, 0.2) is 5.65 Å². The molecule has 0 aliphatic heterocycles. The number of nitrogens with one attached hydrogen (secondary N) is 1. The second kappa shape index (κ2) is 6.54. The molecular formula is C21H23N5O. The summed E-state index contributed by atoms with van der Waals surface area (Å²) in [5.74, 6) is 0.374. The van der Waals surface area contributed by atoms with Crippen molar-refractivity contribution in [2.45, 2.75) is 34.2 Å². The summed E-state index contributed by atoms with van der Waals surface area (Å²) >= 11 is 0. The number of carbonyl (C=O) groups is 1. The number of benzene rings is 1. The first-order valence-electron chi connectivity index (χ1n) is 9.14. The molecule has 3 heterocycles. The van der Waals surface area contributed by atoms with Crippen LogP contribution in [0.15, 0.2) is 42.7 Å². The summed E-state index contributed by atoms with van der Waals surface area (Å²) in [6, 6.07) is 10.0. The molecule has 0 aliphatic rings. The molecule has 0 unspecified atom stereocenters. The molecule has 0 atom stereocenters. The highest BCUT2D eigenvalue weighted by Gasteiger charge is 2.16. The van der Waals surface area contributed by atoms with E-state index in [0.29, 0.717) is 17.1 Å². The minimum atomic E-state index is -0.205. The SMILES string of the molecule is Cc1cc(C)n2ncc(C(=O)Nc3ccc4c(ccn4CC(C)C)c3)c2n1. The summed E-state index contributed by atoms with van der Waals surface area (Å²) in [4.78, 5) is 17.3. The fourth-order valence-corrected chi connectivity index (χ4v) is 3.46. The molecule has 138 valence electrons. The Morgan fingerprint density at radius 3 is 2.78 bits per heavy atom. The van der Waals surface area contributed by atoms with Crippen LogP contribution in [-0.4, -0.2) is 25.1 Å². The molecule has 27 heavy (non-hydrogen) atoms. The van der Waals surface area contributed by atoms with E-state index in [0.717, 1.165) is 29.0 Å². The second-order valence-electron chi connectivity index (χ2n) is 7.42. The van der Waals surface area contributed by atoms with Gasteiger partial charge >= 0.3 is 0 Å². The van der Waals surface area contributed by atoms with Crippen molar-refractivity contribution in [2.24, 2.45) is 5.92 Å². The maximum atomic E-state index is 12.8. The standard InChI is InChI=1S/C21H23N5O/c1-13(2)12-25-8-7-16-10-17(5-6-19(16)25)24-21(27)18-11-22-26-15(4)9-14(3)23-20(18)26/h5-11,13H,12H2,1-4H3,(H,24,27). The number of carbonyl (C=O) groups excluding carboxylic acids is 1. The molecule has 3 aromatic heterocycles. The number of rotatable bonds is 4. The Morgan fingerprint density at radius 1 is 1.19 bits per heavy atom. The molecule has 6 heteroatoms. The summed E-state index contributed by atoms with van der Waals surface area (Å²) < 4.78 is 3.93. The van der Waals surface area contributed by atoms with E-state index in [1.54, 1.807) is 10.7 Å². The number of anilines is 1. The van der Waals surface area contributed by atoms with Gasteiger partial charge in [-0.25, -0.2) is 9.50 Å². The molecule has 1 N–H and O–H groups in total. The molecule has 4 aromatic rings. The summed E-state index contributed by atoms with van der Waals surface area (Å²) in [6.45, 7) is 9.24. The number of nitrogens with zero attached hydrogens (tertiary/aromatic N) is 4. The van der Waals surface area contributed by atoms with Gasteiger partial charge in [0, 0.05) is 40.7 Å². The lowest BCUT2D eigenvalue weighted by Gasteiger charge is -2.09. The molecule has 4 rings (SSSR count). The second-order valence-corrected chi connectivity index (χ2v) is 7.42. The predicted molar refractivity (Wildman–Crippen MR) is 107 cm³/mol. The van der Waals surface area contributed by atoms with Gasteiger partial charge in [0.1, 0.15) is 5.56 Å². The molecule has 0 fully saturated rings. The first kappa shape index (κ1) is 17.3. The van der Waals surface area contributed by atoms with Crippen LogP contribution in [0.5, 0.6) is 0 Å². The molecular weight excluding hydrogens is 338 g/mol. The van der Waals surface area contributed by atoms with Crippen LogP contribution < -0.4 is 5.32 Å². The average Bonchev–Trinajstić information content (AvgIpc) is 3.18. The zero-order valence-corrected chi connectivity index (χ0v) is 16.0. The van der Waals surface area contributed by atoms with Crippen LogP contribution in [0.4, 0.5) is 5.69 Å². The third-order valence-corrected chi connectivity index (χ3v) is 4.61. The van der Waals surface area contributed by atoms with Gasteiger partial charge in [0.25, 0.3) is 5.91 Å². The molecule has 0 bridgehead atoms. The first-order chi connectivity index (χ1) is 12.9. The highest BCUT2D eigenvalue weighted by molar-refractivity contribution is 6.08. The minimum Gasteiger partial charge on any atom is -0.347 e. The van der Waals surface area contributed by atoms with Crippen LogP contribution in [0.3, 0.4) is 0 Å². The van der Waals surface area contributed by atoms with E-state index in [9.17, 15) is 4.79 Å². The Morgan fingerprint density at radius 2 is 2.00 bits per heavy atom. The third-order valence-electron chi connectivity index (χ3n) is 4.61. The van der Waals surface area contributed by atoms with Gasteiger partial charge in [-0.2, -0.15) is 5.10 Å². The largest absolute Gasteiger partial charge is 0.347 e. The number of amides is 1. The van der Waals surface area contributed by atoms with E-state index in [1.807, 2.05) is 32.0 Å². The molecule has 0 spiro atoms. The fraction of sp³-hybridized carbons (Fsp3) is 0.286. The van der Waals surface area contributed by atoms with Crippen molar-refractivity contribution in [3.8, 4) is 0 Å². The number of hydrogen-bond donors (Lipinski definition) is 1. The molecule has 0 saturated carbocycles. The normalized spacial score (nSPS) is 11.6. The van der Waals surface area contributed by atoms with Gasteiger partial charge < -0.3 is 9.88 Å². The summed E-state index contributed by atoms with van der Waals surface area (Å²) in [5, 5.41) is 8.38. The Hall–Kier alpha value is -3.15. The van der Waals surface area contributed by atoms with Crippen molar-refractivity contribution in [3.63, 3.8) is 0 Å². The topological polar surface area (TPSA) is 64.2 Å². The maximum Gasteiger partial charge on any atom is 0.261 e. The van der Waals surface area contributed by atoms with Gasteiger partial charge in [-0.1, -0.05) is 13.8 Å². The van der Waals surface area contributed by atoms with Crippen molar-refractivity contribution in [3.05, 3.63) is 59.7 Å². The molecule has 0 radical (unpaired) electrons. The number of aromatic nitrogens is 4. The lowest BCUT2D eigenvalue weighted by atomic mass is 10.2. The highest BCUT2D eigenvalue weighted by atomic mass is 16.1. The molecule has 6 nitrogen and oxygen atoms in total. The van der Waals surface area contributed by atoms with Crippen molar-refractivity contribution >= 4 is 28.1 Å². The summed E-state index contributed by atoms with van der Waals surface area (Å²) in [5.41, 5.74) is 4.80. The highest BCUT2D eigenvalue weighted by Crippen LogP contribution is 2.22. The van der Waals surface area contributed by atoms with Gasteiger partial charge in [0.2, 0.25) is 0 Å². The van der Waals surface area contributed by atoms with Crippen LogP contribution in [-0.2, 0) is 6.54 Å². The van der Waals surface area contributed by atoms with Crippen molar-refractivity contribution in [2.75, 3.05) is 5.32 Å². The van der Waals surface area contributed by atoms with E-state index in [4.69, 9.17) is 0 Å². The Labute approximate surface area is 157 Å². The quantitative estimate of drug-likeness (QED) is 0.592. The average molecular weight is 361 g/mol. The van der Waals surface area contributed by atoms with Gasteiger partial charge in [-0.15, -0.1) is 0 Å². The van der Waals surface area contributed by atoms with E-state index in [2.05, 4.69) is 52.1 Å². The summed E-state index contributed by atoms with van der Waals surface area (Å²) in [7, 11) is 0. The number of fused-ring (bicyclic) bond motifs is 2. The number of aryl methyl sites for hydroxylation is 2. The van der Waals surface area contributed by atoms with Crippen molar-refractivity contribution < 1.29 is 4.79 Å². The van der Waals surface area contributed by atoms with Gasteiger partial charge in [-0.05, 0) is 50.1 Å². The minimum absolute atomic E-state index is 0.205. The first-order valence-corrected chi connectivity index (χ1v) is 9.14. The van der Waals surface area contributed by atoms with Crippen molar-refractivity contribution in [1.82, 2.24) is 19.2 Å². The van der Waals surface area contributed by atoms with Crippen LogP contribution in [0.1, 0.15) is 35.6 Å². The fourth-order valence-electron chi connectivity index (χ4n) is 3.46. The Kier molecular flexibility index (Phi) is 4.18. The summed E-state index contributed by atoms with van der Waals surface area (Å²) in [6.07, 6.45) is 3.67. The smallest absolute Gasteiger partial charge is 0.261 e. The molecule has 1 aromatic carbocycles. The zero-order valence-electron chi connectivity index (χ0n) is 16.0. The molecule has 1 amide bonds. The Balaban J connectivity index is 1.63. The van der Waals surface area contributed by atoms with Gasteiger partial charge in [0.05, 0.1) is 6.20 Å².